The van der Waals surface area contributed by atoms with Gasteiger partial charge in [-0.15, -0.1) is 11.3 Å². The largest absolute Gasteiger partial charge is 0.493 e. The van der Waals surface area contributed by atoms with Gasteiger partial charge in [0.2, 0.25) is 0 Å². The molecule has 1 saturated carbocycles. The molecule has 1 aliphatic rings. The number of aliphatic imine (C=N–C) groups is 1. The number of hydrogen-bond acceptors (Lipinski definition) is 6. The Hall–Kier alpha value is -2.48. The van der Waals surface area contributed by atoms with Gasteiger partial charge < -0.3 is 25.0 Å². The monoisotopic (exact) mass is 431 g/mol. The number of para-hydroxylation sites is 1. The van der Waals surface area contributed by atoms with E-state index in [1.54, 1.807) is 18.4 Å². The molecule has 1 fully saturated rings. The first kappa shape index (κ1) is 22.2. The number of guanidine groups is 1. The van der Waals surface area contributed by atoms with E-state index in [1.807, 2.05) is 31.1 Å². The molecule has 0 radical (unpaired) electrons. The summed E-state index contributed by atoms with van der Waals surface area (Å²) in [6.07, 6.45) is 4.94. The lowest BCUT2D eigenvalue weighted by Gasteiger charge is -2.19. The number of methoxy groups -OCH3 is 1. The van der Waals surface area contributed by atoms with Crippen molar-refractivity contribution in [2.24, 2.45) is 4.99 Å². The molecule has 2 aromatic rings. The van der Waals surface area contributed by atoms with Gasteiger partial charge in [0.15, 0.2) is 22.6 Å². The van der Waals surface area contributed by atoms with Crippen LogP contribution in [0.25, 0.3) is 0 Å². The Morgan fingerprint density at radius 3 is 2.73 bits per heavy atom. The van der Waals surface area contributed by atoms with E-state index < -0.39 is 0 Å². The second-order valence-electron chi connectivity index (χ2n) is 7.54. The van der Waals surface area contributed by atoms with Crippen LogP contribution in [0.1, 0.15) is 43.9 Å². The van der Waals surface area contributed by atoms with Gasteiger partial charge in [0.05, 0.1) is 32.0 Å². The lowest BCUT2D eigenvalue weighted by atomic mass is 10.1. The van der Waals surface area contributed by atoms with Crippen LogP contribution in [0.5, 0.6) is 11.5 Å². The molecular weight excluding hydrogens is 398 g/mol. The summed E-state index contributed by atoms with van der Waals surface area (Å²) in [4.78, 5) is 11.4. The number of thiazole rings is 1. The second kappa shape index (κ2) is 11.1. The third-order valence-electron chi connectivity index (χ3n) is 4.98. The van der Waals surface area contributed by atoms with Crippen molar-refractivity contribution >= 4 is 22.4 Å². The Bertz CT molecular complexity index is 831. The van der Waals surface area contributed by atoms with E-state index in [-0.39, 0.29) is 6.10 Å². The number of aromatic nitrogens is 1. The SMILES string of the molecule is CCNC(=NCc1cccc(OC)c1OC1CCCC1)NCc1csc(N(C)C)n1. The quantitative estimate of drug-likeness (QED) is 0.465. The average molecular weight is 432 g/mol. The molecule has 164 valence electrons. The maximum Gasteiger partial charge on any atom is 0.191 e. The first-order valence-corrected chi connectivity index (χ1v) is 11.4. The highest BCUT2D eigenvalue weighted by molar-refractivity contribution is 7.13. The molecule has 0 saturated heterocycles. The number of benzene rings is 1. The van der Waals surface area contributed by atoms with Crippen molar-refractivity contribution in [3.63, 3.8) is 0 Å². The molecule has 3 rings (SSSR count). The number of ether oxygens (including phenoxy) is 2. The molecule has 0 atom stereocenters. The fourth-order valence-electron chi connectivity index (χ4n) is 3.42. The zero-order chi connectivity index (χ0) is 21.3. The van der Waals surface area contributed by atoms with Crippen molar-refractivity contribution in [2.75, 3.05) is 32.6 Å². The molecule has 0 unspecified atom stereocenters. The topological polar surface area (TPSA) is 71.0 Å². The number of rotatable bonds is 9. The van der Waals surface area contributed by atoms with Crippen LogP contribution in [0.4, 0.5) is 5.13 Å². The van der Waals surface area contributed by atoms with Gasteiger partial charge in [-0.3, -0.25) is 0 Å². The lowest BCUT2D eigenvalue weighted by molar-refractivity contribution is 0.198. The second-order valence-corrected chi connectivity index (χ2v) is 8.37. The normalized spacial score (nSPS) is 14.6. The molecule has 8 heteroatoms. The summed E-state index contributed by atoms with van der Waals surface area (Å²) in [5.41, 5.74) is 2.03. The van der Waals surface area contributed by atoms with E-state index in [0.717, 1.165) is 53.2 Å². The van der Waals surface area contributed by atoms with Crippen LogP contribution >= 0.6 is 11.3 Å². The third kappa shape index (κ3) is 6.01. The molecule has 0 amide bonds. The summed E-state index contributed by atoms with van der Waals surface area (Å²) in [6.45, 7) is 3.98. The summed E-state index contributed by atoms with van der Waals surface area (Å²) in [7, 11) is 5.69. The smallest absolute Gasteiger partial charge is 0.191 e. The minimum atomic E-state index is 0.269. The van der Waals surface area contributed by atoms with Crippen molar-refractivity contribution in [1.29, 1.82) is 0 Å². The Morgan fingerprint density at radius 1 is 1.27 bits per heavy atom. The fourth-order valence-corrected chi connectivity index (χ4v) is 4.17. The number of nitrogens with one attached hydrogen (secondary N) is 2. The molecule has 0 aliphatic heterocycles. The minimum Gasteiger partial charge on any atom is -0.493 e. The van der Waals surface area contributed by atoms with Crippen molar-refractivity contribution < 1.29 is 9.47 Å². The molecule has 1 aromatic carbocycles. The zero-order valence-corrected chi connectivity index (χ0v) is 19.2. The van der Waals surface area contributed by atoms with Gasteiger partial charge in [0.1, 0.15) is 0 Å². The van der Waals surface area contributed by atoms with Crippen LogP contribution in [0.15, 0.2) is 28.6 Å². The molecule has 1 heterocycles. The predicted molar refractivity (Wildman–Crippen MR) is 124 cm³/mol. The standard InChI is InChI=1S/C22H33N5O2S/c1-5-23-21(25-14-17-15-30-22(26-17)27(2)3)24-13-16-9-8-12-19(28-4)20(16)29-18-10-6-7-11-18/h8-9,12,15,18H,5-7,10-11,13-14H2,1-4H3,(H2,23,24,25). The van der Waals surface area contributed by atoms with Gasteiger partial charge in [-0.2, -0.15) is 0 Å². The third-order valence-corrected chi connectivity index (χ3v) is 6.04. The van der Waals surface area contributed by atoms with E-state index >= 15 is 0 Å². The van der Waals surface area contributed by atoms with Crippen molar-refractivity contribution in [3.8, 4) is 11.5 Å². The highest BCUT2D eigenvalue weighted by Crippen LogP contribution is 2.35. The summed E-state index contributed by atoms with van der Waals surface area (Å²) < 4.78 is 11.9. The van der Waals surface area contributed by atoms with Crippen molar-refractivity contribution in [1.82, 2.24) is 15.6 Å². The van der Waals surface area contributed by atoms with Gasteiger partial charge in [-0.25, -0.2) is 9.98 Å². The predicted octanol–water partition coefficient (Wildman–Crippen LogP) is 3.79. The van der Waals surface area contributed by atoms with Crippen molar-refractivity contribution in [3.05, 3.63) is 34.8 Å². The highest BCUT2D eigenvalue weighted by atomic mass is 32.1. The van der Waals surface area contributed by atoms with Crippen LogP contribution in [-0.2, 0) is 13.1 Å². The maximum atomic E-state index is 6.33. The van der Waals surface area contributed by atoms with Crippen LogP contribution in [-0.4, -0.2) is 44.8 Å². The average Bonchev–Trinajstić information content (AvgIpc) is 3.43. The Morgan fingerprint density at radius 2 is 2.07 bits per heavy atom. The zero-order valence-electron chi connectivity index (χ0n) is 18.4. The van der Waals surface area contributed by atoms with Crippen LogP contribution < -0.4 is 25.0 Å². The van der Waals surface area contributed by atoms with Gasteiger partial charge in [0, 0.05) is 31.6 Å². The first-order chi connectivity index (χ1) is 14.6. The fraction of sp³-hybridized carbons (Fsp3) is 0.545. The van der Waals surface area contributed by atoms with Gasteiger partial charge in [0.25, 0.3) is 0 Å². The van der Waals surface area contributed by atoms with E-state index in [4.69, 9.17) is 14.5 Å². The van der Waals surface area contributed by atoms with E-state index in [9.17, 15) is 0 Å². The highest BCUT2D eigenvalue weighted by Gasteiger charge is 2.20. The number of anilines is 1. The van der Waals surface area contributed by atoms with E-state index in [1.165, 1.54) is 12.8 Å². The van der Waals surface area contributed by atoms with Crippen LogP contribution in [0, 0.1) is 0 Å². The van der Waals surface area contributed by atoms with Gasteiger partial charge in [-0.05, 0) is 38.7 Å². The summed E-state index contributed by atoms with van der Waals surface area (Å²) in [5.74, 6) is 2.35. The van der Waals surface area contributed by atoms with Crippen molar-refractivity contribution in [2.45, 2.75) is 51.8 Å². The van der Waals surface area contributed by atoms with Crippen LogP contribution in [0.3, 0.4) is 0 Å². The molecule has 1 aromatic heterocycles. The molecular formula is C22H33N5O2S. The Kier molecular flexibility index (Phi) is 8.19. The lowest BCUT2D eigenvalue weighted by Crippen LogP contribution is -2.36. The molecule has 7 nitrogen and oxygen atoms in total. The number of hydrogen-bond donors (Lipinski definition) is 2. The van der Waals surface area contributed by atoms with E-state index in [2.05, 4.69) is 34.0 Å². The first-order valence-electron chi connectivity index (χ1n) is 10.6. The Balaban J connectivity index is 1.70. The van der Waals surface area contributed by atoms with Gasteiger partial charge >= 0.3 is 0 Å². The number of nitrogens with zero attached hydrogens (tertiary/aromatic N) is 3. The molecule has 2 N–H and O–H groups in total. The maximum absolute atomic E-state index is 6.33. The van der Waals surface area contributed by atoms with Crippen LogP contribution in [0.2, 0.25) is 0 Å². The summed E-state index contributed by atoms with van der Waals surface area (Å²) >= 11 is 1.64. The Labute approximate surface area is 183 Å². The van der Waals surface area contributed by atoms with Gasteiger partial charge in [-0.1, -0.05) is 12.1 Å². The molecule has 1 aliphatic carbocycles. The molecule has 30 heavy (non-hydrogen) atoms. The molecule has 0 spiro atoms. The minimum absolute atomic E-state index is 0.269. The summed E-state index contributed by atoms with van der Waals surface area (Å²) in [5, 5.41) is 9.75. The summed E-state index contributed by atoms with van der Waals surface area (Å²) in [6, 6.07) is 6.00. The molecule has 0 bridgehead atoms. The van der Waals surface area contributed by atoms with E-state index in [0.29, 0.717) is 13.1 Å².